The Morgan fingerprint density at radius 3 is 3.00 bits per heavy atom. The number of nitrogens with zero attached hydrogens (tertiary/aromatic N) is 1. The van der Waals surface area contributed by atoms with Crippen molar-refractivity contribution in [1.82, 2.24) is 10.2 Å². The molecule has 0 radical (unpaired) electrons. The molecule has 92 valence electrons. The van der Waals surface area contributed by atoms with Gasteiger partial charge in [0, 0.05) is 25.2 Å². The maximum Gasteiger partial charge on any atom is 0.239 e. The highest BCUT2D eigenvalue weighted by Crippen LogP contribution is 2.18. The van der Waals surface area contributed by atoms with E-state index < -0.39 is 0 Å². The van der Waals surface area contributed by atoms with Crippen LogP contribution in [0.4, 0.5) is 0 Å². The minimum atomic E-state index is -0.118. The van der Waals surface area contributed by atoms with Gasteiger partial charge in [-0.15, -0.1) is 0 Å². The van der Waals surface area contributed by atoms with Crippen LogP contribution in [0.25, 0.3) is 0 Å². The van der Waals surface area contributed by atoms with E-state index in [-0.39, 0.29) is 11.9 Å². The number of amides is 1. The van der Waals surface area contributed by atoms with Crippen molar-refractivity contribution in [1.29, 1.82) is 0 Å². The van der Waals surface area contributed by atoms with E-state index in [1.54, 1.807) is 4.90 Å². The van der Waals surface area contributed by atoms with Crippen LogP contribution < -0.4 is 5.32 Å². The van der Waals surface area contributed by atoms with Crippen molar-refractivity contribution in [2.75, 3.05) is 20.1 Å². The Labute approximate surface area is 107 Å². The van der Waals surface area contributed by atoms with Gasteiger partial charge in [0.15, 0.2) is 0 Å². The Balaban J connectivity index is 2.09. The summed E-state index contributed by atoms with van der Waals surface area (Å²) >= 11 is 6.08. The molecule has 1 heterocycles. The monoisotopic (exact) mass is 252 g/mol. The van der Waals surface area contributed by atoms with Crippen molar-refractivity contribution in [2.45, 2.75) is 19.4 Å². The van der Waals surface area contributed by atoms with Crippen LogP contribution in [0.2, 0.25) is 5.02 Å². The summed E-state index contributed by atoms with van der Waals surface area (Å²) in [7, 11) is 1.85. The number of nitrogens with one attached hydrogen (secondary N) is 1. The molecule has 0 aliphatic carbocycles. The lowest BCUT2D eigenvalue weighted by Gasteiger charge is -2.30. The second-order valence-electron chi connectivity index (χ2n) is 4.55. The lowest BCUT2D eigenvalue weighted by molar-refractivity contribution is -0.134. The number of benzene rings is 1. The Kier molecular flexibility index (Phi) is 3.69. The number of rotatable bonds is 2. The van der Waals surface area contributed by atoms with Gasteiger partial charge in [0.1, 0.15) is 0 Å². The number of carbonyl (C=O) groups excluding carboxylic acids is 1. The molecule has 0 bridgehead atoms. The first-order valence-corrected chi connectivity index (χ1v) is 6.19. The van der Waals surface area contributed by atoms with E-state index in [0.29, 0.717) is 6.42 Å². The van der Waals surface area contributed by atoms with Gasteiger partial charge in [-0.2, -0.15) is 0 Å². The molecule has 0 aromatic heterocycles. The lowest BCUT2D eigenvalue weighted by atomic mass is 10.0. The summed E-state index contributed by atoms with van der Waals surface area (Å²) in [5.41, 5.74) is 2.16. The van der Waals surface area contributed by atoms with Crippen LogP contribution in [-0.2, 0) is 11.2 Å². The number of carbonyl (C=O) groups is 1. The molecule has 1 atom stereocenters. The second kappa shape index (κ2) is 5.07. The molecule has 1 unspecified atom stereocenters. The lowest BCUT2D eigenvalue weighted by Crippen LogP contribution is -2.54. The zero-order chi connectivity index (χ0) is 12.4. The second-order valence-corrected chi connectivity index (χ2v) is 4.96. The fraction of sp³-hybridized carbons (Fsp3) is 0.462. The maximum atomic E-state index is 11.9. The summed E-state index contributed by atoms with van der Waals surface area (Å²) in [4.78, 5) is 13.7. The predicted octanol–water partition coefficient (Wildman–Crippen LogP) is 1.62. The van der Waals surface area contributed by atoms with Crippen molar-refractivity contribution >= 4 is 17.5 Å². The third-order valence-corrected chi connectivity index (χ3v) is 3.60. The van der Waals surface area contributed by atoms with Gasteiger partial charge >= 0.3 is 0 Å². The van der Waals surface area contributed by atoms with Crippen LogP contribution in [0.1, 0.15) is 11.1 Å². The summed E-state index contributed by atoms with van der Waals surface area (Å²) in [6.07, 6.45) is 0.698. The molecule has 2 rings (SSSR count). The molecule has 3 nitrogen and oxygen atoms in total. The van der Waals surface area contributed by atoms with Crippen LogP contribution in [0.15, 0.2) is 18.2 Å². The van der Waals surface area contributed by atoms with Gasteiger partial charge in [0.05, 0.1) is 6.04 Å². The topological polar surface area (TPSA) is 32.3 Å². The third-order valence-electron chi connectivity index (χ3n) is 3.19. The van der Waals surface area contributed by atoms with Gasteiger partial charge in [-0.1, -0.05) is 23.7 Å². The summed E-state index contributed by atoms with van der Waals surface area (Å²) in [5, 5.41) is 4.01. The zero-order valence-corrected chi connectivity index (χ0v) is 10.9. The van der Waals surface area contributed by atoms with Crippen LogP contribution >= 0.6 is 11.6 Å². The van der Waals surface area contributed by atoms with Crippen LogP contribution in [0.3, 0.4) is 0 Å². The highest BCUT2D eigenvalue weighted by molar-refractivity contribution is 6.31. The third kappa shape index (κ3) is 2.79. The van der Waals surface area contributed by atoms with Gasteiger partial charge < -0.3 is 10.2 Å². The van der Waals surface area contributed by atoms with E-state index in [9.17, 15) is 4.79 Å². The summed E-state index contributed by atoms with van der Waals surface area (Å²) in [5.74, 6) is 0.160. The molecular weight excluding hydrogens is 236 g/mol. The van der Waals surface area contributed by atoms with E-state index in [1.807, 2.05) is 32.2 Å². The molecule has 1 aromatic carbocycles. The number of hydrogen-bond acceptors (Lipinski definition) is 2. The average molecular weight is 253 g/mol. The first-order chi connectivity index (χ1) is 8.08. The van der Waals surface area contributed by atoms with Crippen molar-refractivity contribution in [3.63, 3.8) is 0 Å². The fourth-order valence-electron chi connectivity index (χ4n) is 2.03. The molecule has 1 fully saturated rings. The number of hydrogen-bond donors (Lipinski definition) is 1. The minimum absolute atomic E-state index is 0.118. The first-order valence-electron chi connectivity index (χ1n) is 5.81. The highest BCUT2D eigenvalue weighted by Gasteiger charge is 2.25. The molecule has 1 saturated heterocycles. The van der Waals surface area contributed by atoms with E-state index in [1.165, 1.54) is 0 Å². The molecule has 1 N–H and O–H groups in total. The molecule has 0 saturated carbocycles. The summed E-state index contributed by atoms with van der Waals surface area (Å²) in [6, 6.07) is 5.85. The van der Waals surface area contributed by atoms with Gasteiger partial charge in [-0.3, -0.25) is 4.79 Å². The van der Waals surface area contributed by atoms with Gasteiger partial charge in [0.2, 0.25) is 5.91 Å². The van der Waals surface area contributed by atoms with Gasteiger partial charge in [0.25, 0.3) is 0 Å². The van der Waals surface area contributed by atoms with Crippen LogP contribution in [0, 0.1) is 6.92 Å². The molecule has 1 aliphatic rings. The molecule has 1 aromatic rings. The molecule has 0 spiro atoms. The molecule has 1 amide bonds. The van der Waals surface area contributed by atoms with Crippen molar-refractivity contribution in [2.24, 2.45) is 0 Å². The minimum Gasteiger partial charge on any atom is -0.343 e. The first kappa shape index (κ1) is 12.4. The largest absolute Gasteiger partial charge is 0.343 e. The predicted molar refractivity (Wildman–Crippen MR) is 69.3 cm³/mol. The Morgan fingerprint density at radius 1 is 1.53 bits per heavy atom. The van der Waals surface area contributed by atoms with E-state index in [2.05, 4.69) is 5.32 Å². The van der Waals surface area contributed by atoms with Crippen molar-refractivity contribution < 1.29 is 4.79 Å². The summed E-state index contributed by atoms with van der Waals surface area (Å²) in [6.45, 7) is 3.61. The van der Waals surface area contributed by atoms with Crippen molar-refractivity contribution in [3.05, 3.63) is 34.3 Å². The Bertz CT molecular complexity index is 433. The van der Waals surface area contributed by atoms with E-state index in [4.69, 9.17) is 11.6 Å². The maximum absolute atomic E-state index is 11.9. The zero-order valence-electron chi connectivity index (χ0n) is 10.2. The van der Waals surface area contributed by atoms with Gasteiger partial charge in [-0.25, -0.2) is 0 Å². The fourth-order valence-corrected chi connectivity index (χ4v) is 2.23. The Hall–Kier alpha value is -1.06. The molecular formula is C13H17ClN2O. The number of piperazine rings is 1. The van der Waals surface area contributed by atoms with E-state index in [0.717, 1.165) is 29.2 Å². The summed E-state index contributed by atoms with van der Waals surface area (Å²) < 4.78 is 0. The molecule has 1 aliphatic heterocycles. The number of aryl methyl sites for hydroxylation is 1. The number of halogens is 1. The highest BCUT2D eigenvalue weighted by atomic mass is 35.5. The van der Waals surface area contributed by atoms with Crippen LogP contribution in [-0.4, -0.2) is 37.0 Å². The van der Waals surface area contributed by atoms with Crippen LogP contribution in [0.5, 0.6) is 0 Å². The van der Waals surface area contributed by atoms with Gasteiger partial charge in [-0.05, 0) is 30.5 Å². The quantitative estimate of drug-likeness (QED) is 0.868. The molecule has 4 heteroatoms. The smallest absolute Gasteiger partial charge is 0.239 e. The average Bonchev–Trinajstić information content (AvgIpc) is 2.30. The normalized spacial score (nSPS) is 20.8. The SMILES string of the molecule is Cc1ccc(CC2NCCN(C)C2=O)cc1Cl. The standard InChI is InChI=1S/C13H17ClN2O/c1-9-3-4-10(7-11(9)14)8-12-13(17)16(2)6-5-15-12/h3-4,7,12,15H,5-6,8H2,1-2H3. The van der Waals surface area contributed by atoms with Crippen molar-refractivity contribution in [3.8, 4) is 0 Å². The molecule has 17 heavy (non-hydrogen) atoms. The van der Waals surface area contributed by atoms with E-state index >= 15 is 0 Å². The Morgan fingerprint density at radius 2 is 2.29 bits per heavy atom. The number of likely N-dealkylation sites (N-methyl/N-ethyl adjacent to an activating group) is 1.